The Morgan fingerprint density at radius 3 is 2.52 bits per heavy atom. The van der Waals surface area contributed by atoms with E-state index in [1.165, 1.54) is 12.1 Å². The van der Waals surface area contributed by atoms with Gasteiger partial charge in [-0.15, -0.1) is 0 Å². The Hall–Kier alpha value is -1.05. The number of hydrogen-bond acceptors (Lipinski definition) is 1. The molecule has 0 bridgehead atoms. The summed E-state index contributed by atoms with van der Waals surface area (Å²) in [6.45, 7) is 0. The first-order chi connectivity index (χ1) is 9.77. The van der Waals surface area contributed by atoms with Crippen molar-refractivity contribution in [1.29, 1.82) is 0 Å². The molecule has 2 nitrogen and oxygen atoms in total. The van der Waals surface area contributed by atoms with Crippen molar-refractivity contribution in [2.45, 2.75) is 37.4 Å². The maximum Gasteiger partial charge on any atom is 0.413 e. The molecule has 0 aromatic heterocycles. The van der Waals surface area contributed by atoms with Gasteiger partial charge in [0, 0.05) is 11.6 Å². The molecule has 1 aliphatic rings. The first-order valence-electron chi connectivity index (χ1n) is 6.29. The molecule has 1 saturated carbocycles. The normalized spacial score (nSPS) is 16.6. The fraction of sp³-hybridized carbons (Fsp3) is 0.462. The Labute approximate surface area is 129 Å². The lowest BCUT2D eigenvalue weighted by molar-refractivity contribution is -0.193. The summed E-state index contributed by atoms with van der Waals surface area (Å²) in [4.78, 5) is 12.5. The molecule has 1 amide bonds. The molecule has 0 N–H and O–H groups in total. The second kappa shape index (κ2) is 5.98. The zero-order chi connectivity index (χ0) is 15.8. The van der Waals surface area contributed by atoms with Crippen molar-refractivity contribution in [2.75, 3.05) is 0 Å². The zero-order valence-corrected chi connectivity index (χ0v) is 12.4. The summed E-state index contributed by atoms with van der Waals surface area (Å²) < 4.78 is 54.3. The minimum absolute atomic E-state index is 0.0785. The summed E-state index contributed by atoms with van der Waals surface area (Å²) in [6.07, 6.45) is -4.39. The minimum Gasteiger partial charge on any atom is -0.324 e. The van der Waals surface area contributed by atoms with E-state index in [4.69, 9.17) is 7.85 Å². The molecule has 1 aromatic carbocycles. The molecule has 0 heterocycles. The van der Waals surface area contributed by atoms with Crippen LogP contribution in [-0.4, -0.2) is 30.9 Å². The SMILES string of the molecule is [B]CC(=O)N(C1CC1)C(c1cccc(Br)c1F)C(F)(F)F. The number of amides is 1. The number of carbonyl (C=O) groups is 1. The van der Waals surface area contributed by atoms with E-state index >= 15 is 0 Å². The Balaban J connectivity index is 2.52. The number of nitrogens with zero attached hydrogens (tertiary/aromatic N) is 1. The highest BCUT2D eigenvalue weighted by molar-refractivity contribution is 9.10. The van der Waals surface area contributed by atoms with Crippen molar-refractivity contribution in [2.24, 2.45) is 0 Å². The molecule has 1 fully saturated rings. The van der Waals surface area contributed by atoms with E-state index in [-0.39, 0.29) is 4.47 Å². The van der Waals surface area contributed by atoms with Gasteiger partial charge in [-0.2, -0.15) is 13.2 Å². The Bertz CT molecular complexity index is 547. The summed E-state index contributed by atoms with van der Waals surface area (Å²) in [5.41, 5.74) is -0.578. The molecule has 0 aliphatic heterocycles. The molecule has 0 spiro atoms. The van der Waals surface area contributed by atoms with Crippen LogP contribution in [0.5, 0.6) is 0 Å². The first-order valence-corrected chi connectivity index (χ1v) is 7.08. The average molecular weight is 364 g/mol. The quantitative estimate of drug-likeness (QED) is 0.589. The average Bonchev–Trinajstić information content (AvgIpc) is 3.22. The van der Waals surface area contributed by atoms with Gasteiger partial charge in [0.1, 0.15) is 5.82 Å². The summed E-state index contributed by atoms with van der Waals surface area (Å²) in [6, 6.07) is 0.791. The molecule has 1 atom stereocenters. The molecule has 2 rings (SSSR count). The van der Waals surface area contributed by atoms with E-state index in [0.717, 1.165) is 6.07 Å². The minimum atomic E-state index is -4.78. The predicted molar refractivity (Wildman–Crippen MR) is 73.3 cm³/mol. The summed E-state index contributed by atoms with van der Waals surface area (Å²) in [7, 11) is 5.20. The van der Waals surface area contributed by atoms with E-state index in [0.29, 0.717) is 17.7 Å². The van der Waals surface area contributed by atoms with Gasteiger partial charge >= 0.3 is 6.18 Å². The highest BCUT2D eigenvalue weighted by Gasteiger charge is 2.51. The van der Waals surface area contributed by atoms with Crippen LogP contribution in [0.2, 0.25) is 6.32 Å². The van der Waals surface area contributed by atoms with Crippen LogP contribution in [-0.2, 0) is 4.79 Å². The smallest absolute Gasteiger partial charge is 0.324 e. The second-order valence-electron chi connectivity index (χ2n) is 4.82. The van der Waals surface area contributed by atoms with E-state index in [1.54, 1.807) is 0 Å². The lowest BCUT2D eigenvalue weighted by Gasteiger charge is -2.34. The third-order valence-corrected chi connectivity index (χ3v) is 3.88. The van der Waals surface area contributed by atoms with E-state index in [2.05, 4.69) is 15.9 Å². The van der Waals surface area contributed by atoms with Gasteiger partial charge in [-0.3, -0.25) is 4.79 Å². The third-order valence-electron chi connectivity index (χ3n) is 3.27. The number of benzene rings is 1. The van der Waals surface area contributed by atoms with Crippen LogP contribution in [0.1, 0.15) is 24.4 Å². The summed E-state index contributed by atoms with van der Waals surface area (Å²) >= 11 is 2.87. The van der Waals surface area contributed by atoms with Crippen molar-refractivity contribution in [3.8, 4) is 0 Å². The summed E-state index contributed by atoms with van der Waals surface area (Å²) in [5, 5.41) is 0. The fourth-order valence-electron chi connectivity index (χ4n) is 2.23. The zero-order valence-electron chi connectivity index (χ0n) is 10.8. The maximum atomic E-state index is 14.1. The molecule has 21 heavy (non-hydrogen) atoms. The highest BCUT2D eigenvalue weighted by Crippen LogP contribution is 2.45. The maximum absolute atomic E-state index is 14.1. The molecule has 112 valence electrons. The van der Waals surface area contributed by atoms with Crippen molar-refractivity contribution in [1.82, 2.24) is 4.90 Å². The van der Waals surface area contributed by atoms with Crippen LogP contribution in [0.3, 0.4) is 0 Å². The number of alkyl halides is 3. The van der Waals surface area contributed by atoms with Gasteiger partial charge < -0.3 is 4.90 Å². The van der Waals surface area contributed by atoms with Gasteiger partial charge in [-0.25, -0.2) is 4.39 Å². The first kappa shape index (κ1) is 16.3. The Morgan fingerprint density at radius 2 is 2.05 bits per heavy atom. The lowest BCUT2D eigenvalue weighted by Crippen LogP contribution is -2.44. The van der Waals surface area contributed by atoms with Crippen LogP contribution in [0.15, 0.2) is 22.7 Å². The number of hydrogen-bond donors (Lipinski definition) is 0. The number of halogens is 5. The predicted octanol–water partition coefficient (Wildman–Crippen LogP) is 3.77. The highest BCUT2D eigenvalue weighted by atomic mass is 79.9. The molecule has 8 heteroatoms. The standard InChI is InChI=1S/C13H11BBrF4NO/c14-6-10(21)20(7-4-5-7)12(13(17,18)19)8-2-1-3-9(15)11(8)16/h1-3,7,12H,4-6H2. The van der Waals surface area contributed by atoms with Gasteiger partial charge in [0.15, 0.2) is 6.04 Å². The van der Waals surface area contributed by atoms with Crippen molar-refractivity contribution in [3.63, 3.8) is 0 Å². The van der Waals surface area contributed by atoms with Crippen molar-refractivity contribution >= 4 is 29.7 Å². The molecular formula is C13H11BBrF4NO. The van der Waals surface area contributed by atoms with Crippen LogP contribution in [0, 0.1) is 5.82 Å². The molecule has 0 saturated heterocycles. The van der Waals surface area contributed by atoms with E-state index in [9.17, 15) is 22.4 Å². The van der Waals surface area contributed by atoms with Crippen LogP contribution >= 0.6 is 15.9 Å². The second-order valence-corrected chi connectivity index (χ2v) is 5.68. The molecule has 2 radical (unpaired) electrons. The Kier molecular flexibility index (Phi) is 4.65. The molecule has 1 aliphatic carbocycles. The van der Waals surface area contributed by atoms with Gasteiger partial charge in [0.25, 0.3) is 0 Å². The number of rotatable bonds is 4. The Morgan fingerprint density at radius 1 is 1.43 bits per heavy atom. The van der Waals surface area contributed by atoms with E-state index < -0.39 is 41.9 Å². The lowest BCUT2D eigenvalue weighted by atomic mass is 9.99. The topological polar surface area (TPSA) is 20.3 Å². The largest absolute Gasteiger partial charge is 0.413 e. The van der Waals surface area contributed by atoms with E-state index in [1.807, 2.05) is 0 Å². The summed E-state index contributed by atoms with van der Waals surface area (Å²) in [5.74, 6) is -1.85. The van der Waals surface area contributed by atoms with Gasteiger partial charge in [0.05, 0.1) is 12.3 Å². The molecular weight excluding hydrogens is 353 g/mol. The van der Waals surface area contributed by atoms with Crippen molar-refractivity contribution in [3.05, 3.63) is 34.1 Å². The van der Waals surface area contributed by atoms with Crippen LogP contribution < -0.4 is 0 Å². The van der Waals surface area contributed by atoms with Crippen LogP contribution in [0.25, 0.3) is 0 Å². The van der Waals surface area contributed by atoms with Gasteiger partial charge in [-0.1, -0.05) is 12.1 Å². The molecule has 1 aromatic rings. The van der Waals surface area contributed by atoms with Crippen LogP contribution in [0.4, 0.5) is 17.6 Å². The fourth-order valence-corrected chi connectivity index (χ4v) is 2.61. The third kappa shape index (κ3) is 3.41. The molecule has 1 unspecified atom stereocenters. The van der Waals surface area contributed by atoms with Gasteiger partial charge in [-0.05, 0) is 41.2 Å². The number of carbonyl (C=O) groups excluding carboxylic acids is 1. The monoisotopic (exact) mass is 363 g/mol. The van der Waals surface area contributed by atoms with Crippen molar-refractivity contribution < 1.29 is 22.4 Å². The van der Waals surface area contributed by atoms with Gasteiger partial charge in [0.2, 0.25) is 5.91 Å².